The summed E-state index contributed by atoms with van der Waals surface area (Å²) in [6.07, 6.45) is 4.89. The lowest BCUT2D eigenvalue weighted by Gasteiger charge is -2.35. The van der Waals surface area contributed by atoms with Crippen LogP contribution in [0.5, 0.6) is 0 Å². The van der Waals surface area contributed by atoms with Gasteiger partial charge in [-0.25, -0.2) is 4.98 Å². The Morgan fingerprint density at radius 3 is 2.60 bits per heavy atom. The molecule has 0 spiro atoms. The minimum Gasteiger partial charge on any atom is -0.355 e. The van der Waals surface area contributed by atoms with Crippen molar-refractivity contribution < 1.29 is 14.4 Å². The van der Waals surface area contributed by atoms with Gasteiger partial charge < -0.3 is 15.5 Å². The number of pyridine rings is 1. The normalized spacial score (nSPS) is 25.2. The van der Waals surface area contributed by atoms with Gasteiger partial charge in [0.1, 0.15) is 11.9 Å². The maximum Gasteiger partial charge on any atom is 0.252 e. The van der Waals surface area contributed by atoms with E-state index in [1.54, 1.807) is 24.1 Å². The summed E-state index contributed by atoms with van der Waals surface area (Å²) in [6, 6.07) is 2.77. The summed E-state index contributed by atoms with van der Waals surface area (Å²) in [7, 11) is 1.55. The van der Waals surface area contributed by atoms with Crippen molar-refractivity contribution in [3.63, 3.8) is 0 Å². The van der Waals surface area contributed by atoms with Gasteiger partial charge in [0.2, 0.25) is 11.8 Å². The third kappa shape index (κ3) is 3.81. The lowest BCUT2D eigenvalue weighted by Crippen LogP contribution is -2.50. The number of nitrogens with zero attached hydrogens (tertiary/aromatic N) is 2. The smallest absolute Gasteiger partial charge is 0.252 e. The van der Waals surface area contributed by atoms with Crippen molar-refractivity contribution in [2.45, 2.75) is 38.6 Å². The summed E-state index contributed by atoms with van der Waals surface area (Å²) in [6.45, 7) is 2.71. The highest BCUT2D eigenvalue weighted by molar-refractivity contribution is 5.98. The predicted molar refractivity (Wildman–Crippen MR) is 92.9 cm³/mol. The fraction of sp³-hybridized carbons (Fsp3) is 0.556. The van der Waals surface area contributed by atoms with Crippen molar-refractivity contribution in [3.05, 3.63) is 23.9 Å². The Balaban J connectivity index is 1.66. The Hall–Kier alpha value is -2.44. The molecule has 0 aromatic carbocycles. The van der Waals surface area contributed by atoms with Gasteiger partial charge in [0.15, 0.2) is 0 Å². The molecule has 25 heavy (non-hydrogen) atoms. The monoisotopic (exact) mass is 344 g/mol. The van der Waals surface area contributed by atoms with E-state index in [2.05, 4.69) is 22.5 Å². The highest BCUT2D eigenvalue weighted by Crippen LogP contribution is 2.40. The van der Waals surface area contributed by atoms with E-state index in [1.165, 1.54) is 6.20 Å². The maximum absolute atomic E-state index is 12.7. The first-order valence-electron chi connectivity index (χ1n) is 8.80. The molecule has 1 aromatic rings. The van der Waals surface area contributed by atoms with E-state index in [-0.39, 0.29) is 23.6 Å². The molecule has 3 amide bonds. The first-order chi connectivity index (χ1) is 12.0. The van der Waals surface area contributed by atoms with Crippen LogP contribution in [0.2, 0.25) is 0 Å². The fourth-order valence-corrected chi connectivity index (χ4v) is 3.30. The SMILES string of the molecule is CNC(=O)c1ccc(NC(=O)C2CCCCN2C(=O)C2CC2C)nc1. The molecule has 7 nitrogen and oxygen atoms in total. The zero-order valence-electron chi connectivity index (χ0n) is 14.6. The molecule has 1 aliphatic heterocycles. The number of rotatable bonds is 4. The van der Waals surface area contributed by atoms with Gasteiger partial charge >= 0.3 is 0 Å². The molecule has 7 heteroatoms. The Bertz CT molecular complexity index is 673. The minimum atomic E-state index is -0.436. The number of hydrogen-bond acceptors (Lipinski definition) is 4. The Morgan fingerprint density at radius 1 is 1.24 bits per heavy atom. The van der Waals surface area contributed by atoms with Crippen LogP contribution in [0, 0.1) is 11.8 Å². The number of anilines is 1. The molecule has 134 valence electrons. The number of hydrogen-bond donors (Lipinski definition) is 2. The maximum atomic E-state index is 12.7. The number of nitrogens with one attached hydrogen (secondary N) is 2. The molecule has 1 saturated carbocycles. The second-order valence-corrected chi connectivity index (χ2v) is 6.86. The molecule has 1 saturated heterocycles. The lowest BCUT2D eigenvalue weighted by atomic mass is 10.0. The number of carbonyl (C=O) groups excluding carboxylic acids is 3. The van der Waals surface area contributed by atoms with Crippen molar-refractivity contribution in [1.82, 2.24) is 15.2 Å². The molecule has 3 rings (SSSR count). The molecular formula is C18H24N4O3. The van der Waals surface area contributed by atoms with Crippen LogP contribution in [-0.2, 0) is 9.59 Å². The first kappa shape index (κ1) is 17.4. The van der Waals surface area contributed by atoms with Gasteiger partial charge in [-0.15, -0.1) is 0 Å². The quantitative estimate of drug-likeness (QED) is 0.864. The molecule has 1 aliphatic carbocycles. The van der Waals surface area contributed by atoms with Crippen molar-refractivity contribution in [2.75, 3.05) is 18.9 Å². The van der Waals surface area contributed by atoms with E-state index in [1.807, 2.05) is 0 Å². The number of piperidine rings is 1. The molecule has 3 atom stereocenters. The average Bonchev–Trinajstić information content (AvgIpc) is 3.37. The summed E-state index contributed by atoms with van der Waals surface area (Å²) in [5.41, 5.74) is 0.428. The van der Waals surface area contributed by atoms with Gasteiger partial charge in [-0.1, -0.05) is 6.92 Å². The van der Waals surface area contributed by atoms with E-state index in [4.69, 9.17) is 0 Å². The summed E-state index contributed by atoms with van der Waals surface area (Å²) in [5, 5.41) is 5.30. The number of amides is 3. The molecule has 2 aliphatic rings. The largest absolute Gasteiger partial charge is 0.355 e. The highest BCUT2D eigenvalue weighted by Gasteiger charge is 2.44. The molecule has 2 N–H and O–H groups in total. The third-order valence-corrected chi connectivity index (χ3v) is 5.02. The average molecular weight is 344 g/mol. The number of carbonyl (C=O) groups is 3. The molecule has 1 aromatic heterocycles. The van der Waals surface area contributed by atoms with Gasteiger partial charge in [0.25, 0.3) is 5.91 Å². The molecule has 2 fully saturated rings. The van der Waals surface area contributed by atoms with Gasteiger partial charge in [0, 0.05) is 25.7 Å². The molecule has 0 radical (unpaired) electrons. The van der Waals surface area contributed by atoms with Gasteiger partial charge in [0.05, 0.1) is 5.56 Å². The fourth-order valence-electron chi connectivity index (χ4n) is 3.30. The van der Waals surface area contributed by atoms with Crippen LogP contribution in [0.1, 0.15) is 43.0 Å². The summed E-state index contributed by atoms with van der Waals surface area (Å²) in [4.78, 5) is 42.6. The van der Waals surface area contributed by atoms with Crippen LogP contribution in [0.25, 0.3) is 0 Å². The zero-order valence-corrected chi connectivity index (χ0v) is 14.6. The number of aromatic nitrogens is 1. The van der Waals surface area contributed by atoms with E-state index in [0.717, 1.165) is 19.3 Å². The first-order valence-corrected chi connectivity index (χ1v) is 8.80. The van der Waals surface area contributed by atoms with Crippen molar-refractivity contribution in [1.29, 1.82) is 0 Å². The van der Waals surface area contributed by atoms with Crippen LogP contribution in [0.4, 0.5) is 5.82 Å². The Labute approximate surface area is 147 Å². The lowest BCUT2D eigenvalue weighted by molar-refractivity contribution is -0.141. The van der Waals surface area contributed by atoms with E-state index in [9.17, 15) is 14.4 Å². The van der Waals surface area contributed by atoms with Crippen molar-refractivity contribution in [3.8, 4) is 0 Å². The minimum absolute atomic E-state index is 0.0818. The number of likely N-dealkylation sites (tertiary alicyclic amines) is 1. The standard InChI is InChI=1S/C18H24N4O3/c1-11-9-13(11)18(25)22-8-4-3-5-14(22)17(24)21-15-7-6-12(10-20-15)16(23)19-2/h6-7,10-11,13-14H,3-5,8-9H2,1-2H3,(H,19,23)(H,20,21,24). The van der Waals surface area contributed by atoms with Crippen LogP contribution in [0.15, 0.2) is 18.3 Å². The zero-order chi connectivity index (χ0) is 18.0. The third-order valence-electron chi connectivity index (χ3n) is 5.02. The van der Waals surface area contributed by atoms with Gasteiger partial charge in [-0.2, -0.15) is 0 Å². The summed E-state index contributed by atoms with van der Waals surface area (Å²) < 4.78 is 0. The Morgan fingerprint density at radius 2 is 2.00 bits per heavy atom. The van der Waals surface area contributed by atoms with E-state index < -0.39 is 6.04 Å². The molecular weight excluding hydrogens is 320 g/mol. The van der Waals surface area contributed by atoms with Crippen LogP contribution in [0.3, 0.4) is 0 Å². The predicted octanol–water partition coefficient (Wildman–Crippen LogP) is 1.42. The van der Waals surface area contributed by atoms with Crippen LogP contribution < -0.4 is 10.6 Å². The molecule has 0 bridgehead atoms. The van der Waals surface area contributed by atoms with E-state index >= 15 is 0 Å². The second-order valence-electron chi connectivity index (χ2n) is 6.86. The highest BCUT2D eigenvalue weighted by atomic mass is 16.2. The topological polar surface area (TPSA) is 91.4 Å². The van der Waals surface area contributed by atoms with Gasteiger partial charge in [-0.05, 0) is 43.7 Å². The summed E-state index contributed by atoms with van der Waals surface area (Å²) in [5.74, 6) is 0.565. The molecule has 3 unspecified atom stereocenters. The van der Waals surface area contributed by atoms with Crippen molar-refractivity contribution in [2.24, 2.45) is 11.8 Å². The van der Waals surface area contributed by atoms with Crippen molar-refractivity contribution >= 4 is 23.5 Å². The second kappa shape index (κ2) is 7.21. The molecule has 2 heterocycles. The van der Waals surface area contributed by atoms with Crippen LogP contribution >= 0.6 is 0 Å². The van der Waals surface area contributed by atoms with Gasteiger partial charge in [-0.3, -0.25) is 14.4 Å². The Kier molecular flexibility index (Phi) is 5.01. The van der Waals surface area contributed by atoms with Crippen LogP contribution in [-0.4, -0.2) is 47.2 Å². The summed E-state index contributed by atoms with van der Waals surface area (Å²) >= 11 is 0. The van der Waals surface area contributed by atoms with E-state index in [0.29, 0.717) is 30.3 Å².